The summed E-state index contributed by atoms with van der Waals surface area (Å²) in [6.07, 6.45) is 5.30. The summed E-state index contributed by atoms with van der Waals surface area (Å²) < 4.78 is 0. The van der Waals surface area contributed by atoms with Crippen LogP contribution >= 0.6 is 0 Å². The third kappa shape index (κ3) is 7.15. The molecule has 1 amide bonds. The van der Waals surface area contributed by atoms with Crippen molar-refractivity contribution in [3.8, 4) is 0 Å². The van der Waals surface area contributed by atoms with Gasteiger partial charge < -0.3 is 15.7 Å². The zero-order chi connectivity index (χ0) is 14.1. The standard InChI is InChI=1S/C14H26N2O3/c1-11(14(18)19)4-2-9-16-13(17)7-6-12-5-3-8-15-10-12/h11-12,15H,2-10H2,1H3,(H,16,17)(H,18,19). The van der Waals surface area contributed by atoms with Gasteiger partial charge in [-0.25, -0.2) is 0 Å². The summed E-state index contributed by atoms with van der Waals surface area (Å²) in [5.74, 6) is -0.374. The molecule has 110 valence electrons. The van der Waals surface area contributed by atoms with Gasteiger partial charge in [-0.1, -0.05) is 6.92 Å². The van der Waals surface area contributed by atoms with Crippen molar-refractivity contribution >= 4 is 11.9 Å². The number of carboxylic acids is 1. The Morgan fingerprint density at radius 3 is 2.89 bits per heavy atom. The van der Waals surface area contributed by atoms with Gasteiger partial charge in [-0.3, -0.25) is 9.59 Å². The average molecular weight is 270 g/mol. The Labute approximate surface area is 115 Å². The molecule has 1 rings (SSSR count). The zero-order valence-corrected chi connectivity index (χ0v) is 11.8. The van der Waals surface area contributed by atoms with E-state index in [2.05, 4.69) is 10.6 Å². The van der Waals surface area contributed by atoms with Gasteiger partial charge in [-0.05, 0) is 51.1 Å². The van der Waals surface area contributed by atoms with Gasteiger partial charge >= 0.3 is 5.97 Å². The maximum atomic E-state index is 11.6. The van der Waals surface area contributed by atoms with Crippen LogP contribution in [0.2, 0.25) is 0 Å². The lowest BCUT2D eigenvalue weighted by molar-refractivity contribution is -0.141. The van der Waals surface area contributed by atoms with Crippen LogP contribution in [0.1, 0.15) is 45.4 Å². The first-order valence-electron chi connectivity index (χ1n) is 7.30. The topological polar surface area (TPSA) is 78.4 Å². The summed E-state index contributed by atoms with van der Waals surface area (Å²) in [6, 6.07) is 0. The molecule has 1 heterocycles. The van der Waals surface area contributed by atoms with Crippen molar-refractivity contribution < 1.29 is 14.7 Å². The van der Waals surface area contributed by atoms with Gasteiger partial charge in [0.05, 0.1) is 5.92 Å². The lowest BCUT2D eigenvalue weighted by Gasteiger charge is -2.22. The second-order valence-electron chi connectivity index (χ2n) is 5.48. The molecule has 0 aromatic rings. The first-order chi connectivity index (χ1) is 9.09. The van der Waals surface area contributed by atoms with Crippen molar-refractivity contribution in [1.82, 2.24) is 10.6 Å². The molecule has 3 N–H and O–H groups in total. The van der Waals surface area contributed by atoms with Crippen LogP contribution in [0.25, 0.3) is 0 Å². The van der Waals surface area contributed by atoms with Gasteiger partial charge in [0.15, 0.2) is 0 Å². The Bertz CT molecular complexity index is 288. The van der Waals surface area contributed by atoms with E-state index in [4.69, 9.17) is 5.11 Å². The number of hydrogen-bond donors (Lipinski definition) is 3. The molecule has 19 heavy (non-hydrogen) atoms. The number of amides is 1. The van der Waals surface area contributed by atoms with E-state index in [9.17, 15) is 9.59 Å². The highest BCUT2D eigenvalue weighted by Gasteiger charge is 2.14. The maximum absolute atomic E-state index is 11.6. The quantitative estimate of drug-likeness (QED) is 0.582. The summed E-state index contributed by atoms with van der Waals surface area (Å²) in [4.78, 5) is 22.2. The Balaban J connectivity index is 2.00. The fourth-order valence-electron chi connectivity index (χ4n) is 2.35. The highest BCUT2D eigenvalue weighted by Crippen LogP contribution is 2.15. The molecular weight excluding hydrogens is 244 g/mol. The molecule has 0 aliphatic carbocycles. The van der Waals surface area contributed by atoms with E-state index in [-0.39, 0.29) is 11.8 Å². The number of carbonyl (C=O) groups is 2. The van der Waals surface area contributed by atoms with Crippen LogP contribution < -0.4 is 10.6 Å². The van der Waals surface area contributed by atoms with Gasteiger partial charge in [-0.15, -0.1) is 0 Å². The van der Waals surface area contributed by atoms with E-state index in [0.717, 1.165) is 25.9 Å². The summed E-state index contributed by atoms with van der Waals surface area (Å²) in [5, 5.41) is 14.9. The molecule has 1 aliphatic rings. The van der Waals surface area contributed by atoms with Crippen LogP contribution in [0.3, 0.4) is 0 Å². The maximum Gasteiger partial charge on any atom is 0.306 e. The van der Waals surface area contributed by atoms with Crippen LogP contribution in [0.5, 0.6) is 0 Å². The van der Waals surface area contributed by atoms with Gasteiger partial charge in [0.25, 0.3) is 0 Å². The summed E-state index contributed by atoms with van der Waals surface area (Å²) >= 11 is 0. The minimum Gasteiger partial charge on any atom is -0.481 e. The number of nitrogens with one attached hydrogen (secondary N) is 2. The normalized spacial score (nSPS) is 20.8. The molecule has 0 aromatic heterocycles. The van der Waals surface area contributed by atoms with Crippen molar-refractivity contribution in [3.05, 3.63) is 0 Å². The third-order valence-electron chi connectivity index (χ3n) is 3.74. The SMILES string of the molecule is CC(CCCNC(=O)CCC1CCCNC1)C(=O)O. The predicted molar refractivity (Wildman–Crippen MR) is 73.9 cm³/mol. The fraction of sp³-hybridized carbons (Fsp3) is 0.857. The molecule has 0 radical (unpaired) electrons. The van der Waals surface area contributed by atoms with Gasteiger partial charge in [-0.2, -0.15) is 0 Å². The van der Waals surface area contributed by atoms with Crippen molar-refractivity contribution in [2.45, 2.75) is 45.4 Å². The van der Waals surface area contributed by atoms with E-state index in [1.54, 1.807) is 6.92 Å². The molecule has 2 unspecified atom stereocenters. The largest absolute Gasteiger partial charge is 0.481 e. The molecule has 0 saturated carbocycles. The molecule has 1 saturated heterocycles. The molecule has 5 nitrogen and oxygen atoms in total. The van der Waals surface area contributed by atoms with Crippen LogP contribution in [-0.4, -0.2) is 36.6 Å². The first kappa shape index (κ1) is 16.0. The number of aliphatic carboxylic acids is 1. The second-order valence-corrected chi connectivity index (χ2v) is 5.48. The monoisotopic (exact) mass is 270 g/mol. The number of piperidine rings is 1. The lowest BCUT2D eigenvalue weighted by atomic mass is 9.94. The lowest BCUT2D eigenvalue weighted by Crippen LogP contribution is -2.31. The number of hydrogen-bond acceptors (Lipinski definition) is 3. The van der Waals surface area contributed by atoms with E-state index >= 15 is 0 Å². The van der Waals surface area contributed by atoms with E-state index in [0.29, 0.717) is 25.3 Å². The molecule has 1 fully saturated rings. The van der Waals surface area contributed by atoms with Crippen LogP contribution in [0, 0.1) is 11.8 Å². The molecular formula is C14H26N2O3. The van der Waals surface area contributed by atoms with Gasteiger partial charge in [0.2, 0.25) is 5.91 Å². The van der Waals surface area contributed by atoms with Crippen LogP contribution in [0.15, 0.2) is 0 Å². The zero-order valence-electron chi connectivity index (χ0n) is 11.8. The summed E-state index contributed by atoms with van der Waals surface area (Å²) in [5.41, 5.74) is 0. The first-order valence-corrected chi connectivity index (χ1v) is 7.30. The third-order valence-corrected chi connectivity index (χ3v) is 3.74. The molecule has 2 atom stereocenters. The Kier molecular flexibility index (Phi) is 7.48. The van der Waals surface area contributed by atoms with Gasteiger partial charge in [0.1, 0.15) is 0 Å². The van der Waals surface area contributed by atoms with Crippen molar-refractivity contribution in [1.29, 1.82) is 0 Å². The highest BCUT2D eigenvalue weighted by atomic mass is 16.4. The number of carboxylic acid groups (broad SMARTS) is 1. The van der Waals surface area contributed by atoms with Crippen molar-refractivity contribution in [3.63, 3.8) is 0 Å². The van der Waals surface area contributed by atoms with Crippen LogP contribution in [0.4, 0.5) is 0 Å². The van der Waals surface area contributed by atoms with Crippen molar-refractivity contribution in [2.75, 3.05) is 19.6 Å². The predicted octanol–water partition coefficient (Wildman–Crippen LogP) is 1.38. The number of rotatable bonds is 8. The molecule has 5 heteroatoms. The molecule has 1 aliphatic heterocycles. The molecule has 0 spiro atoms. The second kappa shape index (κ2) is 8.91. The Hall–Kier alpha value is -1.10. The number of carbonyl (C=O) groups excluding carboxylic acids is 1. The Morgan fingerprint density at radius 2 is 2.26 bits per heavy atom. The van der Waals surface area contributed by atoms with Gasteiger partial charge in [0, 0.05) is 13.0 Å². The molecule has 0 bridgehead atoms. The minimum absolute atomic E-state index is 0.0913. The van der Waals surface area contributed by atoms with Crippen molar-refractivity contribution in [2.24, 2.45) is 11.8 Å². The Morgan fingerprint density at radius 1 is 1.47 bits per heavy atom. The van der Waals surface area contributed by atoms with Crippen LogP contribution in [-0.2, 0) is 9.59 Å². The summed E-state index contributed by atoms with van der Waals surface area (Å²) in [6.45, 7) is 4.41. The van der Waals surface area contributed by atoms with E-state index in [1.165, 1.54) is 12.8 Å². The average Bonchev–Trinajstić information content (AvgIpc) is 2.42. The molecule has 0 aromatic carbocycles. The smallest absolute Gasteiger partial charge is 0.306 e. The highest BCUT2D eigenvalue weighted by molar-refractivity contribution is 5.75. The van der Waals surface area contributed by atoms with E-state index in [1.807, 2.05) is 0 Å². The van der Waals surface area contributed by atoms with E-state index < -0.39 is 5.97 Å². The summed E-state index contributed by atoms with van der Waals surface area (Å²) in [7, 11) is 0. The minimum atomic E-state index is -0.767. The fourth-order valence-corrected chi connectivity index (χ4v) is 2.35.